The van der Waals surface area contributed by atoms with Gasteiger partial charge in [-0.15, -0.1) is 0 Å². The summed E-state index contributed by atoms with van der Waals surface area (Å²) in [5.41, 5.74) is 0.362. The maximum absolute atomic E-state index is 12.3. The first-order chi connectivity index (χ1) is 10.0. The van der Waals surface area contributed by atoms with E-state index in [4.69, 9.17) is 10.00 Å². The number of hydrogen-bond acceptors (Lipinski definition) is 4. The van der Waals surface area contributed by atoms with Gasteiger partial charge in [-0.25, -0.2) is 8.42 Å². The number of halogens is 1. The zero-order valence-electron chi connectivity index (χ0n) is 10.8. The Labute approximate surface area is 131 Å². The molecule has 0 radical (unpaired) electrons. The molecule has 21 heavy (non-hydrogen) atoms. The van der Waals surface area contributed by atoms with Gasteiger partial charge in [0, 0.05) is 10.5 Å². The predicted octanol–water partition coefficient (Wildman–Crippen LogP) is 3.15. The fourth-order valence-corrected chi connectivity index (χ4v) is 3.69. The van der Waals surface area contributed by atoms with Crippen LogP contribution in [0.4, 0.5) is 5.69 Å². The Morgan fingerprint density at radius 1 is 1.19 bits per heavy atom. The molecule has 2 aromatic carbocycles. The van der Waals surface area contributed by atoms with E-state index in [9.17, 15) is 8.42 Å². The normalized spacial score (nSPS) is 10.7. The Bertz CT molecular complexity index is 785. The molecule has 0 heterocycles. The average Bonchev–Trinajstić information content (AvgIpc) is 2.45. The summed E-state index contributed by atoms with van der Waals surface area (Å²) >= 11 is 3.21. The van der Waals surface area contributed by atoms with E-state index in [-0.39, 0.29) is 11.5 Å². The number of nitrogens with one attached hydrogen (secondary N) is 1. The summed E-state index contributed by atoms with van der Waals surface area (Å²) in [4.78, 5) is 0.147. The minimum atomic E-state index is -3.70. The van der Waals surface area contributed by atoms with Crippen molar-refractivity contribution in [3.8, 4) is 11.8 Å². The van der Waals surface area contributed by atoms with Crippen LogP contribution in [0, 0.1) is 11.3 Å². The number of nitrogens with zero attached hydrogens (tertiary/aromatic N) is 1. The van der Waals surface area contributed by atoms with Crippen molar-refractivity contribution in [1.29, 1.82) is 5.26 Å². The van der Waals surface area contributed by atoms with E-state index in [0.717, 1.165) is 0 Å². The van der Waals surface area contributed by atoms with Gasteiger partial charge in [0.1, 0.15) is 16.7 Å². The third-order valence-corrected chi connectivity index (χ3v) is 4.91. The van der Waals surface area contributed by atoms with E-state index in [1.165, 1.54) is 12.1 Å². The zero-order valence-corrected chi connectivity index (χ0v) is 13.2. The molecule has 1 N–H and O–H groups in total. The maximum atomic E-state index is 12.3. The smallest absolute Gasteiger partial charge is 0.263 e. The summed E-state index contributed by atoms with van der Waals surface area (Å²) in [5, 5.41) is 8.47. The second-order valence-corrected chi connectivity index (χ2v) is 6.52. The van der Waals surface area contributed by atoms with Crippen LogP contribution in [-0.4, -0.2) is 15.0 Å². The standard InChI is InChI=1S/C14H11BrN2O3S/c15-13-6-1-2-7-14(13)21(18,19)17-11-4-3-5-12(10-11)20-9-8-16/h1-7,10,17H,9H2. The Balaban J connectivity index is 2.25. The molecule has 0 spiro atoms. The number of benzene rings is 2. The molecule has 0 bridgehead atoms. The highest BCUT2D eigenvalue weighted by Gasteiger charge is 2.17. The van der Waals surface area contributed by atoms with Crippen LogP contribution in [0.5, 0.6) is 5.75 Å². The molecule has 0 saturated carbocycles. The summed E-state index contributed by atoms with van der Waals surface area (Å²) in [7, 11) is -3.70. The van der Waals surface area contributed by atoms with Crippen LogP contribution in [0.1, 0.15) is 0 Å². The summed E-state index contributed by atoms with van der Waals surface area (Å²) in [6.45, 7) is -0.0968. The molecular formula is C14H11BrN2O3S. The van der Waals surface area contributed by atoms with E-state index in [1.54, 1.807) is 36.4 Å². The van der Waals surface area contributed by atoms with Crippen molar-refractivity contribution in [1.82, 2.24) is 0 Å². The fourth-order valence-electron chi connectivity index (χ4n) is 1.64. The summed E-state index contributed by atoms with van der Waals surface area (Å²) in [6, 6.07) is 14.8. The Morgan fingerprint density at radius 2 is 1.95 bits per heavy atom. The van der Waals surface area contributed by atoms with Crippen LogP contribution in [0.25, 0.3) is 0 Å². The molecule has 2 rings (SSSR count). The van der Waals surface area contributed by atoms with Gasteiger partial charge in [0.25, 0.3) is 10.0 Å². The van der Waals surface area contributed by atoms with Crippen molar-refractivity contribution in [3.05, 3.63) is 53.0 Å². The lowest BCUT2D eigenvalue weighted by Gasteiger charge is -2.10. The van der Waals surface area contributed by atoms with E-state index in [2.05, 4.69) is 20.7 Å². The topological polar surface area (TPSA) is 79.2 Å². The largest absolute Gasteiger partial charge is 0.479 e. The number of ether oxygens (including phenoxy) is 1. The number of rotatable bonds is 5. The fraction of sp³-hybridized carbons (Fsp3) is 0.0714. The molecule has 5 nitrogen and oxygen atoms in total. The average molecular weight is 367 g/mol. The molecule has 0 amide bonds. The molecule has 2 aromatic rings. The highest BCUT2D eigenvalue weighted by Crippen LogP contribution is 2.25. The van der Waals surface area contributed by atoms with E-state index >= 15 is 0 Å². The van der Waals surface area contributed by atoms with Crippen LogP contribution in [-0.2, 0) is 10.0 Å². The number of anilines is 1. The third-order valence-electron chi connectivity index (χ3n) is 2.52. The molecule has 0 atom stereocenters. The first-order valence-electron chi connectivity index (χ1n) is 5.90. The Hall–Kier alpha value is -2.04. The van der Waals surface area contributed by atoms with Crippen molar-refractivity contribution < 1.29 is 13.2 Å². The second kappa shape index (κ2) is 6.61. The van der Waals surface area contributed by atoms with Crippen LogP contribution in [0.2, 0.25) is 0 Å². The second-order valence-electron chi connectivity index (χ2n) is 4.01. The highest BCUT2D eigenvalue weighted by molar-refractivity contribution is 9.10. The molecular weight excluding hydrogens is 356 g/mol. The molecule has 0 unspecified atom stereocenters. The minimum Gasteiger partial charge on any atom is -0.479 e. The van der Waals surface area contributed by atoms with Gasteiger partial charge in [0.2, 0.25) is 0 Å². The number of sulfonamides is 1. The van der Waals surface area contributed by atoms with E-state index < -0.39 is 10.0 Å². The van der Waals surface area contributed by atoms with Gasteiger partial charge in [-0.2, -0.15) is 5.26 Å². The lowest BCUT2D eigenvalue weighted by atomic mass is 10.3. The van der Waals surface area contributed by atoms with Crippen molar-refractivity contribution >= 4 is 31.6 Å². The van der Waals surface area contributed by atoms with Crippen LogP contribution < -0.4 is 9.46 Å². The Kier molecular flexibility index (Phi) is 4.83. The van der Waals surface area contributed by atoms with Crippen molar-refractivity contribution in [2.75, 3.05) is 11.3 Å². The van der Waals surface area contributed by atoms with E-state index in [1.807, 2.05) is 6.07 Å². The van der Waals surface area contributed by atoms with Gasteiger partial charge in [0.15, 0.2) is 6.61 Å². The SMILES string of the molecule is N#CCOc1cccc(NS(=O)(=O)c2ccccc2Br)c1. The summed E-state index contributed by atoms with van der Waals surface area (Å²) < 4.78 is 32.7. The van der Waals surface area contributed by atoms with Crippen molar-refractivity contribution in [2.45, 2.75) is 4.90 Å². The lowest BCUT2D eigenvalue weighted by Crippen LogP contribution is -2.13. The number of nitriles is 1. The molecule has 0 aliphatic carbocycles. The van der Waals surface area contributed by atoms with Gasteiger partial charge in [0.05, 0.1) is 5.69 Å². The maximum Gasteiger partial charge on any atom is 0.263 e. The molecule has 0 saturated heterocycles. The summed E-state index contributed by atoms with van der Waals surface area (Å²) in [5.74, 6) is 0.420. The van der Waals surface area contributed by atoms with Gasteiger partial charge in [-0.05, 0) is 40.2 Å². The van der Waals surface area contributed by atoms with Crippen LogP contribution >= 0.6 is 15.9 Å². The van der Waals surface area contributed by atoms with Gasteiger partial charge in [-0.3, -0.25) is 4.72 Å². The predicted molar refractivity (Wildman–Crippen MR) is 82.5 cm³/mol. The number of hydrogen-bond donors (Lipinski definition) is 1. The summed E-state index contributed by atoms with van der Waals surface area (Å²) in [6.07, 6.45) is 0. The monoisotopic (exact) mass is 366 g/mol. The molecule has 7 heteroatoms. The highest BCUT2D eigenvalue weighted by atomic mass is 79.9. The molecule has 108 valence electrons. The minimum absolute atomic E-state index is 0.0968. The van der Waals surface area contributed by atoms with Crippen LogP contribution in [0.15, 0.2) is 57.9 Å². The van der Waals surface area contributed by atoms with Gasteiger partial charge < -0.3 is 4.74 Å². The first-order valence-corrected chi connectivity index (χ1v) is 8.18. The third kappa shape index (κ3) is 3.97. The first kappa shape index (κ1) is 15.4. The van der Waals surface area contributed by atoms with Crippen molar-refractivity contribution in [3.63, 3.8) is 0 Å². The van der Waals surface area contributed by atoms with Crippen molar-refractivity contribution in [2.24, 2.45) is 0 Å². The molecule has 0 aliphatic rings. The molecule has 0 aliphatic heterocycles. The van der Waals surface area contributed by atoms with Gasteiger partial charge in [-0.1, -0.05) is 18.2 Å². The molecule has 0 fully saturated rings. The molecule has 0 aromatic heterocycles. The van der Waals surface area contributed by atoms with Crippen LogP contribution in [0.3, 0.4) is 0 Å². The van der Waals surface area contributed by atoms with Gasteiger partial charge >= 0.3 is 0 Å². The zero-order chi connectivity index (χ0) is 15.3. The lowest BCUT2D eigenvalue weighted by molar-refractivity contribution is 0.368. The Morgan fingerprint density at radius 3 is 2.67 bits per heavy atom. The van der Waals surface area contributed by atoms with E-state index in [0.29, 0.717) is 15.9 Å². The quantitative estimate of drug-likeness (QED) is 0.881.